The summed E-state index contributed by atoms with van der Waals surface area (Å²) in [5.41, 5.74) is 2.33. The highest BCUT2D eigenvalue weighted by Crippen LogP contribution is 2.30. The number of amides is 2. The Bertz CT molecular complexity index is 918. The average molecular weight is 433 g/mol. The summed E-state index contributed by atoms with van der Waals surface area (Å²) in [4.78, 5) is 26.8. The molecule has 166 valence electrons. The van der Waals surface area contributed by atoms with Gasteiger partial charge in [-0.25, -0.2) is 0 Å². The highest BCUT2D eigenvalue weighted by molar-refractivity contribution is 5.94. The first-order chi connectivity index (χ1) is 14.6. The van der Waals surface area contributed by atoms with Gasteiger partial charge in [0.2, 0.25) is 11.8 Å². The van der Waals surface area contributed by atoms with Gasteiger partial charge in [0, 0.05) is 30.4 Å². The van der Waals surface area contributed by atoms with Crippen molar-refractivity contribution >= 4 is 23.2 Å². The molecule has 1 aliphatic rings. The van der Waals surface area contributed by atoms with Crippen LogP contribution in [0.4, 0.5) is 24.5 Å². The van der Waals surface area contributed by atoms with Crippen molar-refractivity contribution in [2.45, 2.75) is 45.3 Å². The Labute approximate surface area is 179 Å². The summed E-state index contributed by atoms with van der Waals surface area (Å²) in [6.07, 6.45) is -2.30. The van der Waals surface area contributed by atoms with Crippen LogP contribution in [-0.4, -0.2) is 35.8 Å². The summed E-state index contributed by atoms with van der Waals surface area (Å²) in [6.45, 7) is 4.46. The molecule has 0 spiro atoms. The Kier molecular flexibility index (Phi) is 7.00. The van der Waals surface area contributed by atoms with Crippen molar-refractivity contribution in [3.63, 3.8) is 0 Å². The molecule has 1 aliphatic carbocycles. The van der Waals surface area contributed by atoms with Gasteiger partial charge < -0.3 is 10.6 Å². The van der Waals surface area contributed by atoms with Crippen LogP contribution in [0.2, 0.25) is 0 Å². The second kappa shape index (κ2) is 9.51. The Morgan fingerprint density at radius 1 is 0.968 bits per heavy atom. The Balaban J connectivity index is 1.51. The quantitative estimate of drug-likeness (QED) is 0.631. The number of benzene rings is 2. The summed E-state index contributed by atoms with van der Waals surface area (Å²) in [6, 6.07) is 10.4. The van der Waals surface area contributed by atoms with E-state index in [1.165, 1.54) is 12.1 Å². The van der Waals surface area contributed by atoms with Gasteiger partial charge in [-0.05, 0) is 62.1 Å². The van der Waals surface area contributed by atoms with Crippen LogP contribution < -0.4 is 10.6 Å². The molecular weight excluding hydrogens is 407 g/mol. The van der Waals surface area contributed by atoms with E-state index in [1.807, 2.05) is 36.9 Å². The number of carbonyl (C=O) groups is 2. The fourth-order valence-electron chi connectivity index (χ4n) is 3.42. The van der Waals surface area contributed by atoms with Gasteiger partial charge in [0.25, 0.3) is 0 Å². The van der Waals surface area contributed by atoms with E-state index in [0.717, 1.165) is 41.8 Å². The Morgan fingerprint density at radius 3 is 2.13 bits per heavy atom. The molecule has 0 saturated heterocycles. The molecule has 8 heteroatoms. The molecule has 0 radical (unpaired) electrons. The lowest BCUT2D eigenvalue weighted by Gasteiger charge is -2.22. The van der Waals surface area contributed by atoms with E-state index in [-0.39, 0.29) is 30.8 Å². The molecule has 0 aromatic heterocycles. The number of aryl methyl sites for hydroxylation is 2. The first-order valence-electron chi connectivity index (χ1n) is 10.2. The number of nitrogens with zero attached hydrogens (tertiary/aromatic N) is 1. The summed E-state index contributed by atoms with van der Waals surface area (Å²) >= 11 is 0. The fraction of sp³-hybridized carbons (Fsp3) is 0.391. The fourth-order valence-corrected chi connectivity index (χ4v) is 3.42. The van der Waals surface area contributed by atoms with E-state index in [4.69, 9.17) is 0 Å². The van der Waals surface area contributed by atoms with Crippen molar-refractivity contribution in [1.29, 1.82) is 0 Å². The molecule has 2 N–H and O–H groups in total. The van der Waals surface area contributed by atoms with Gasteiger partial charge in [-0.15, -0.1) is 0 Å². The Morgan fingerprint density at radius 2 is 1.58 bits per heavy atom. The molecule has 5 nitrogen and oxygen atoms in total. The van der Waals surface area contributed by atoms with Gasteiger partial charge >= 0.3 is 6.18 Å². The predicted molar refractivity (Wildman–Crippen MR) is 114 cm³/mol. The van der Waals surface area contributed by atoms with Crippen molar-refractivity contribution in [2.75, 3.05) is 23.7 Å². The van der Waals surface area contributed by atoms with Crippen molar-refractivity contribution < 1.29 is 22.8 Å². The van der Waals surface area contributed by atoms with Crippen molar-refractivity contribution in [1.82, 2.24) is 4.90 Å². The molecule has 3 rings (SSSR count). The predicted octanol–water partition coefficient (Wildman–Crippen LogP) is 4.75. The molecule has 2 aromatic carbocycles. The van der Waals surface area contributed by atoms with Gasteiger partial charge in [-0.3, -0.25) is 14.5 Å². The summed E-state index contributed by atoms with van der Waals surface area (Å²) in [7, 11) is 0. The Hall–Kier alpha value is -2.87. The van der Waals surface area contributed by atoms with Crippen LogP contribution >= 0.6 is 0 Å². The number of alkyl halides is 3. The number of para-hydroxylation sites is 1. The maximum absolute atomic E-state index is 12.6. The first-order valence-corrected chi connectivity index (χ1v) is 10.2. The molecule has 31 heavy (non-hydrogen) atoms. The molecule has 0 bridgehead atoms. The standard InChI is InChI=1S/C23H26F3N3O2/c1-15-4-3-5-16(2)22(15)28-21(31)14-29(19-10-11-19)13-12-20(30)27-18-8-6-17(7-9-18)23(24,25)26/h3-9,19H,10-14H2,1-2H3,(H,27,30)(H,28,31). The summed E-state index contributed by atoms with van der Waals surface area (Å²) in [5, 5.41) is 5.57. The number of anilines is 2. The molecule has 1 fully saturated rings. The topological polar surface area (TPSA) is 61.4 Å². The van der Waals surface area contributed by atoms with E-state index in [9.17, 15) is 22.8 Å². The summed E-state index contributed by atoms with van der Waals surface area (Å²) in [5.74, 6) is -0.437. The van der Waals surface area contributed by atoms with Crippen LogP contribution in [0.25, 0.3) is 0 Å². The highest BCUT2D eigenvalue weighted by Gasteiger charge is 2.31. The number of carbonyl (C=O) groups excluding carboxylic acids is 2. The van der Waals surface area contributed by atoms with Crippen molar-refractivity contribution in [3.8, 4) is 0 Å². The van der Waals surface area contributed by atoms with Crippen LogP contribution in [0.15, 0.2) is 42.5 Å². The van der Waals surface area contributed by atoms with Gasteiger partial charge in [-0.2, -0.15) is 13.2 Å². The number of hydrogen-bond acceptors (Lipinski definition) is 3. The minimum Gasteiger partial charge on any atom is -0.326 e. The average Bonchev–Trinajstić information content (AvgIpc) is 3.53. The van der Waals surface area contributed by atoms with Gasteiger partial charge in [0.05, 0.1) is 12.1 Å². The molecule has 1 saturated carbocycles. The highest BCUT2D eigenvalue weighted by atomic mass is 19.4. The maximum Gasteiger partial charge on any atom is 0.416 e. The molecule has 0 unspecified atom stereocenters. The lowest BCUT2D eigenvalue weighted by Crippen LogP contribution is -2.37. The monoisotopic (exact) mass is 433 g/mol. The van der Waals surface area contributed by atoms with Crippen LogP contribution in [0.1, 0.15) is 36.0 Å². The lowest BCUT2D eigenvalue weighted by atomic mass is 10.1. The number of nitrogens with one attached hydrogen (secondary N) is 2. The zero-order valence-corrected chi connectivity index (χ0v) is 17.6. The van der Waals surface area contributed by atoms with E-state index in [0.29, 0.717) is 12.2 Å². The van der Waals surface area contributed by atoms with Gasteiger partial charge in [0.15, 0.2) is 0 Å². The maximum atomic E-state index is 12.6. The van der Waals surface area contributed by atoms with E-state index in [2.05, 4.69) is 10.6 Å². The number of rotatable bonds is 8. The molecule has 0 aliphatic heterocycles. The molecule has 0 heterocycles. The van der Waals surface area contributed by atoms with Gasteiger partial charge in [0.1, 0.15) is 0 Å². The third kappa shape index (κ3) is 6.55. The lowest BCUT2D eigenvalue weighted by molar-refractivity contribution is -0.137. The van der Waals surface area contributed by atoms with E-state index >= 15 is 0 Å². The van der Waals surface area contributed by atoms with Crippen LogP contribution in [0, 0.1) is 13.8 Å². The molecule has 2 amide bonds. The van der Waals surface area contributed by atoms with Crippen LogP contribution in [0.3, 0.4) is 0 Å². The van der Waals surface area contributed by atoms with Crippen molar-refractivity contribution in [2.24, 2.45) is 0 Å². The van der Waals surface area contributed by atoms with E-state index in [1.54, 1.807) is 0 Å². The SMILES string of the molecule is Cc1cccc(C)c1NC(=O)CN(CCC(=O)Nc1ccc(C(F)(F)F)cc1)C1CC1. The third-order valence-corrected chi connectivity index (χ3v) is 5.28. The normalized spacial score (nSPS) is 13.9. The largest absolute Gasteiger partial charge is 0.416 e. The summed E-state index contributed by atoms with van der Waals surface area (Å²) < 4.78 is 37.9. The van der Waals surface area contributed by atoms with Gasteiger partial charge in [-0.1, -0.05) is 18.2 Å². The third-order valence-electron chi connectivity index (χ3n) is 5.28. The van der Waals surface area contributed by atoms with Crippen LogP contribution in [-0.2, 0) is 15.8 Å². The second-order valence-corrected chi connectivity index (χ2v) is 7.89. The first kappa shape index (κ1) is 22.8. The minimum atomic E-state index is -4.41. The molecule has 0 atom stereocenters. The zero-order chi connectivity index (χ0) is 22.6. The minimum absolute atomic E-state index is 0.132. The smallest absolute Gasteiger partial charge is 0.326 e. The van der Waals surface area contributed by atoms with Crippen LogP contribution in [0.5, 0.6) is 0 Å². The second-order valence-electron chi connectivity index (χ2n) is 7.89. The van der Waals surface area contributed by atoms with Crippen molar-refractivity contribution in [3.05, 3.63) is 59.2 Å². The number of hydrogen-bond donors (Lipinski definition) is 2. The molecule has 2 aromatic rings. The molecular formula is C23H26F3N3O2. The van der Waals surface area contributed by atoms with E-state index < -0.39 is 11.7 Å². The zero-order valence-electron chi connectivity index (χ0n) is 17.6. The number of halogens is 3.